The zero-order chi connectivity index (χ0) is 29.4. The van der Waals surface area contributed by atoms with Crippen LogP contribution in [0.3, 0.4) is 0 Å². The number of amides is 2. The number of carbonyl (C=O) groups is 2. The molecule has 2 aliphatic rings. The van der Waals surface area contributed by atoms with Crippen LogP contribution < -0.4 is 10.6 Å². The minimum Gasteiger partial charge on any atom is -0.456 e. The lowest BCUT2D eigenvalue weighted by Crippen LogP contribution is -2.33. The van der Waals surface area contributed by atoms with Crippen LogP contribution in [0.2, 0.25) is 0 Å². The number of nitrogens with zero attached hydrogens (tertiary/aromatic N) is 2. The molecule has 3 aromatic heterocycles. The average molecular weight is 609 g/mol. The molecule has 0 fully saturated rings. The summed E-state index contributed by atoms with van der Waals surface area (Å²) in [4.78, 5) is 30.3. The van der Waals surface area contributed by atoms with Crippen molar-refractivity contribution in [2.24, 2.45) is 0 Å². The highest BCUT2D eigenvalue weighted by atomic mass is 32.1. The van der Waals surface area contributed by atoms with E-state index in [0.29, 0.717) is 30.1 Å². The number of esters is 1. The summed E-state index contributed by atoms with van der Waals surface area (Å²) < 4.78 is 46.1. The van der Waals surface area contributed by atoms with Gasteiger partial charge in [-0.15, -0.1) is 22.7 Å². The Labute approximate surface area is 245 Å². The normalized spacial score (nSPS) is 15.8. The first-order valence-electron chi connectivity index (χ1n) is 13.9. The number of nitrogens with one attached hydrogen (secondary N) is 2. The molecule has 4 heterocycles. The van der Waals surface area contributed by atoms with Gasteiger partial charge in [-0.2, -0.15) is 13.2 Å². The molecular weight excluding hydrogens is 573 g/mol. The van der Waals surface area contributed by atoms with Gasteiger partial charge in [0.1, 0.15) is 15.6 Å². The standard InChI is InChI=1S/C29H35F3N4O3S2/c1-28(2,3)39-26(37)23-19-8-4-5-9-21(19)40-24(23)34-27(38)33-16-20-18-10-14-35(15-11-29(30,31)32)17-22(18)41-25(20)36-12-6-7-13-36/h6-7,12-13H,4-5,8-11,14-17H2,1-3H3,(H2,33,34,38). The number of thiophene rings is 2. The van der Waals surface area contributed by atoms with Gasteiger partial charge in [0, 0.05) is 53.9 Å². The van der Waals surface area contributed by atoms with E-state index in [0.717, 1.165) is 57.1 Å². The molecule has 0 aromatic carbocycles. The van der Waals surface area contributed by atoms with Crippen molar-refractivity contribution in [3.63, 3.8) is 0 Å². The highest BCUT2D eigenvalue weighted by molar-refractivity contribution is 7.17. The fraction of sp³-hybridized carbons (Fsp3) is 0.517. The van der Waals surface area contributed by atoms with Gasteiger partial charge in [-0.05, 0) is 76.1 Å². The van der Waals surface area contributed by atoms with Crippen molar-refractivity contribution in [1.29, 1.82) is 0 Å². The molecule has 0 saturated carbocycles. The molecule has 1 aliphatic carbocycles. The fourth-order valence-electron chi connectivity index (χ4n) is 5.36. The first kappa shape index (κ1) is 29.7. The number of aryl methyl sites for hydroxylation is 1. The van der Waals surface area contributed by atoms with Gasteiger partial charge in [0.15, 0.2) is 0 Å². The van der Waals surface area contributed by atoms with Crippen molar-refractivity contribution in [3.05, 3.63) is 56.5 Å². The van der Waals surface area contributed by atoms with Crippen molar-refractivity contribution in [2.45, 2.75) is 84.2 Å². The topological polar surface area (TPSA) is 75.6 Å². The molecular formula is C29H35F3N4O3S2. The van der Waals surface area contributed by atoms with Crippen LogP contribution in [0.4, 0.5) is 23.0 Å². The van der Waals surface area contributed by atoms with E-state index >= 15 is 0 Å². The Morgan fingerprint density at radius 2 is 1.73 bits per heavy atom. The van der Waals surface area contributed by atoms with Crippen LogP contribution >= 0.6 is 22.7 Å². The summed E-state index contributed by atoms with van der Waals surface area (Å²) in [6.07, 6.45) is 3.15. The summed E-state index contributed by atoms with van der Waals surface area (Å²) in [7, 11) is 0. The molecule has 222 valence electrons. The van der Waals surface area contributed by atoms with Gasteiger partial charge in [0.2, 0.25) is 0 Å². The Balaban J connectivity index is 1.33. The van der Waals surface area contributed by atoms with Crippen molar-refractivity contribution in [3.8, 4) is 5.00 Å². The van der Waals surface area contributed by atoms with E-state index in [1.165, 1.54) is 11.3 Å². The second-order valence-electron chi connectivity index (χ2n) is 11.5. The van der Waals surface area contributed by atoms with Gasteiger partial charge >= 0.3 is 18.2 Å². The van der Waals surface area contributed by atoms with Crippen molar-refractivity contribution >= 4 is 39.7 Å². The Bertz CT molecular complexity index is 1400. The molecule has 0 spiro atoms. The number of carbonyl (C=O) groups excluding carboxylic acids is 2. The second-order valence-corrected chi connectivity index (χ2v) is 13.7. The average Bonchev–Trinajstić information content (AvgIpc) is 3.61. The van der Waals surface area contributed by atoms with Crippen LogP contribution in [0.1, 0.15) is 76.8 Å². The lowest BCUT2D eigenvalue weighted by molar-refractivity contribution is -0.138. The maximum Gasteiger partial charge on any atom is 0.390 e. The van der Waals surface area contributed by atoms with Crippen LogP contribution in [0, 0.1) is 0 Å². The number of alkyl halides is 3. The Morgan fingerprint density at radius 3 is 2.44 bits per heavy atom. The third-order valence-corrected chi connectivity index (χ3v) is 9.68. The molecule has 2 N–H and O–H groups in total. The molecule has 0 unspecified atom stereocenters. The summed E-state index contributed by atoms with van der Waals surface area (Å²) >= 11 is 2.99. The molecule has 41 heavy (non-hydrogen) atoms. The van der Waals surface area contributed by atoms with Crippen LogP contribution in [-0.4, -0.2) is 46.3 Å². The molecule has 0 atom stereocenters. The molecule has 0 radical (unpaired) electrons. The fourth-order valence-corrected chi connectivity index (χ4v) is 8.01. The highest BCUT2D eigenvalue weighted by Gasteiger charge is 2.32. The predicted molar refractivity (Wildman–Crippen MR) is 155 cm³/mol. The number of ether oxygens (including phenoxy) is 1. The van der Waals surface area contributed by atoms with E-state index in [1.54, 1.807) is 11.3 Å². The SMILES string of the molecule is CC(C)(C)OC(=O)c1c(NC(=O)NCc2c(-n3cccc3)sc3c2CCN(CCC(F)(F)F)C3)sc2c1CCCC2. The monoisotopic (exact) mass is 608 g/mol. The highest BCUT2D eigenvalue weighted by Crippen LogP contribution is 2.40. The van der Waals surface area contributed by atoms with Gasteiger partial charge in [-0.1, -0.05) is 0 Å². The summed E-state index contributed by atoms with van der Waals surface area (Å²) in [5, 5.41) is 7.34. The second kappa shape index (κ2) is 11.8. The minimum atomic E-state index is -4.18. The van der Waals surface area contributed by atoms with Crippen molar-refractivity contribution < 1.29 is 27.5 Å². The zero-order valence-electron chi connectivity index (χ0n) is 23.5. The third-order valence-electron chi connectivity index (χ3n) is 7.20. The molecule has 1 aliphatic heterocycles. The maximum atomic E-state index is 13.2. The van der Waals surface area contributed by atoms with Gasteiger partial charge in [0.25, 0.3) is 0 Å². The lowest BCUT2D eigenvalue weighted by atomic mass is 9.95. The molecule has 3 aromatic rings. The van der Waals surface area contributed by atoms with Gasteiger partial charge < -0.3 is 14.6 Å². The van der Waals surface area contributed by atoms with Crippen LogP contribution in [-0.2, 0) is 37.1 Å². The number of anilines is 1. The van der Waals surface area contributed by atoms with E-state index in [-0.39, 0.29) is 13.1 Å². The summed E-state index contributed by atoms with van der Waals surface area (Å²) in [6, 6.07) is 3.40. The summed E-state index contributed by atoms with van der Waals surface area (Å²) in [5.74, 6) is -0.427. The summed E-state index contributed by atoms with van der Waals surface area (Å²) in [5.41, 5.74) is 2.82. The molecule has 5 rings (SSSR count). The lowest BCUT2D eigenvalue weighted by Gasteiger charge is -2.27. The largest absolute Gasteiger partial charge is 0.456 e. The number of fused-ring (bicyclic) bond motifs is 2. The van der Waals surface area contributed by atoms with Crippen LogP contribution in [0.15, 0.2) is 24.5 Å². The van der Waals surface area contributed by atoms with Crippen LogP contribution in [0.5, 0.6) is 0 Å². The van der Waals surface area contributed by atoms with E-state index in [2.05, 4.69) is 10.6 Å². The number of hydrogen-bond acceptors (Lipinski definition) is 6. The van der Waals surface area contributed by atoms with Gasteiger partial charge in [-0.3, -0.25) is 10.2 Å². The molecule has 0 bridgehead atoms. The van der Waals surface area contributed by atoms with Gasteiger partial charge in [-0.25, -0.2) is 9.59 Å². The minimum absolute atomic E-state index is 0.0273. The Kier molecular flexibility index (Phi) is 8.54. The first-order chi connectivity index (χ1) is 19.4. The van der Waals surface area contributed by atoms with Gasteiger partial charge in [0.05, 0.1) is 12.0 Å². The predicted octanol–water partition coefficient (Wildman–Crippen LogP) is 7.07. The third kappa shape index (κ3) is 7.15. The molecule has 12 heteroatoms. The number of halogens is 3. The molecule has 0 saturated heterocycles. The number of hydrogen-bond donors (Lipinski definition) is 2. The number of aromatic nitrogens is 1. The Hall–Kier alpha value is -2.83. The number of rotatable bonds is 7. The van der Waals surface area contributed by atoms with E-state index in [1.807, 2.05) is 54.8 Å². The zero-order valence-corrected chi connectivity index (χ0v) is 25.1. The maximum absolute atomic E-state index is 13.2. The smallest absolute Gasteiger partial charge is 0.390 e. The molecule has 7 nitrogen and oxygen atoms in total. The van der Waals surface area contributed by atoms with Crippen LogP contribution in [0.25, 0.3) is 5.00 Å². The summed E-state index contributed by atoms with van der Waals surface area (Å²) in [6.45, 7) is 6.68. The van der Waals surface area contributed by atoms with Crippen molar-refractivity contribution in [2.75, 3.05) is 18.4 Å². The quantitative estimate of drug-likeness (QED) is 0.282. The van der Waals surface area contributed by atoms with Crippen molar-refractivity contribution in [1.82, 2.24) is 14.8 Å². The van der Waals surface area contributed by atoms with E-state index in [9.17, 15) is 22.8 Å². The van der Waals surface area contributed by atoms with E-state index in [4.69, 9.17) is 4.74 Å². The Morgan fingerprint density at radius 1 is 1.00 bits per heavy atom. The number of urea groups is 1. The first-order valence-corrected chi connectivity index (χ1v) is 15.5. The van der Waals surface area contributed by atoms with E-state index < -0.39 is 30.2 Å². The molecule has 2 amide bonds.